The molecule has 6 heteroatoms. The van der Waals surface area contributed by atoms with E-state index in [0.717, 1.165) is 6.07 Å². The fraction of sp³-hybridized carbons (Fsp3) is 0.0833. The Balaban J connectivity index is 2.50. The second-order valence-corrected chi connectivity index (χ2v) is 3.62. The zero-order chi connectivity index (χ0) is 13.2. The molecule has 0 fully saturated rings. The van der Waals surface area contributed by atoms with Gasteiger partial charge in [-0.2, -0.15) is 13.2 Å². The van der Waals surface area contributed by atoms with Crippen LogP contribution in [0.15, 0.2) is 42.6 Å². The second-order valence-electron chi connectivity index (χ2n) is 3.62. The predicted molar refractivity (Wildman–Crippen MR) is 62.5 cm³/mol. The number of aromatic nitrogens is 1. The molecule has 2 rings (SSSR count). The van der Waals surface area contributed by atoms with Crippen LogP contribution >= 0.6 is 0 Å². The van der Waals surface area contributed by atoms with E-state index in [1.807, 2.05) is 0 Å². The number of hydrogen-bond donors (Lipinski definition) is 2. The SMILES string of the molecule is NNc1ccc(-c2ccccc2C(F)(F)F)cn1. The van der Waals surface area contributed by atoms with Gasteiger partial charge in [0, 0.05) is 11.8 Å². The maximum absolute atomic E-state index is 12.8. The largest absolute Gasteiger partial charge is 0.417 e. The average Bonchev–Trinajstić information content (AvgIpc) is 2.38. The van der Waals surface area contributed by atoms with Gasteiger partial charge >= 0.3 is 6.18 Å². The highest BCUT2D eigenvalue weighted by molar-refractivity contribution is 5.68. The van der Waals surface area contributed by atoms with Gasteiger partial charge in [0.05, 0.1) is 5.56 Å². The molecule has 1 aromatic carbocycles. The van der Waals surface area contributed by atoms with Gasteiger partial charge in [-0.05, 0) is 23.8 Å². The molecule has 3 nitrogen and oxygen atoms in total. The van der Waals surface area contributed by atoms with E-state index in [2.05, 4.69) is 10.4 Å². The molecule has 0 aliphatic carbocycles. The zero-order valence-corrected chi connectivity index (χ0v) is 9.20. The summed E-state index contributed by atoms with van der Waals surface area (Å²) in [5.41, 5.74) is 2.13. The molecule has 0 aliphatic heterocycles. The van der Waals surface area contributed by atoms with Gasteiger partial charge < -0.3 is 5.43 Å². The monoisotopic (exact) mass is 253 g/mol. The van der Waals surface area contributed by atoms with Gasteiger partial charge in [0.1, 0.15) is 5.82 Å². The van der Waals surface area contributed by atoms with Crippen LogP contribution in [0.5, 0.6) is 0 Å². The molecular formula is C12H10F3N3. The Morgan fingerprint density at radius 1 is 1.06 bits per heavy atom. The third-order valence-electron chi connectivity index (χ3n) is 2.45. The van der Waals surface area contributed by atoms with Crippen LogP contribution in [-0.4, -0.2) is 4.98 Å². The normalized spacial score (nSPS) is 11.3. The molecule has 0 amide bonds. The highest BCUT2D eigenvalue weighted by Gasteiger charge is 2.33. The number of nitrogens with two attached hydrogens (primary N) is 1. The van der Waals surface area contributed by atoms with E-state index in [4.69, 9.17) is 5.84 Å². The van der Waals surface area contributed by atoms with E-state index in [1.54, 1.807) is 6.07 Å². The molecule has 0 spiro atoms. The second kappa shape index (κ2) is 4.66. The van der Waals surface area contributed by atoms with Gasteiger partial charge in [-0.15, -0.1) is 0 Å². The van der Waals surface area contributed by atoms with Gasteiger partial charge in [-0.25, -0.2) is 10.8 Å². The molecular weight excluding hydrogens is 243 g/mol. The van der Waals surface area contributed by atoms with E-state index in [-0.39, 0.29) is 5.56 Å². The lowest BCUT2D eigenvalue weighted by Crippen LogP contribution is -2.09. The van der Waals surface area contributed by atoms with Crippen LogP contribution in [0.25, 0.3) is 11.1 Å². The zero-order valence-electron chi connectivity index (χ0n) is 9.20. The van der Waals surface area contributed by atoms with Crippen LogP contribution in [-0.2, 0) is 6.18 Å². The molecule has 0 saturated carbocycles. The van der Waals surface area contributed by atoms with Crippen molar-refractivity contribution < 1.29 is 13.2 Å². The van der Waals surface area contributed by atoms with Crippen LogP contribution in [0, 0.1) is 0 Å². The van der Waals surface area contributed by atoms with Crippen molar-refractivity contribution in [2.75, 3.05) is 5.43 Å². The number of benzene rings is 1. The maximum Gasteiger partial charge on any atom is 0.417 e. The van der Waals surface area contributed by atoms with E-state index in [1.165, 1.54) is 30.5 Å². The molecule has 0 atom stereocenters. The standard InChI is InChI=1S/C12H10F3N3/c13-12(14,15)10-4-2-1-3-9(10)8-5-6-11(18-16)17-7-8/h1-7H,16H2,(H,17,18). The first-order valence-corrected chi connectivity index (χ1v) is 5.11. The minimum Gasteiger partial charge on any atom is -0.308 e. The first-order chi connectivity index (χ1) is 8.52. The molecule has 1 heterocycles. The summed E-state index contributed by atoms with van der Waals surface area (Å²) in [6.07, 6.45) is -3.04. The summed E-state index contributed by atoms with van der Waals surface area (Å²) >= 11 is 0. The van der Waals surface area contributed by atoms with E-state index in [0.29, 0.717) is 11.4 Å². The number of nitrogen functional groups attached to an aromatic ring is 1. The van der Waals surface area contributed by atoms with Crippen molar-refractivity contribution in [3.63, 3.8) is 0 Å². The van der Waals surface area contributed by atoms with E-state index < -0.39 is 11.7 Å². The van der Waals surface area contributed by atoms with Crippen LogP contribution < -0.4 is 11.3 Å². The Hall–Kier alpha value is -2.08. The van der Waals surface area contributed by atoms with Crippen molar-refractivity contribution in [3.05, 3.63) is 48.2 Å². The Labute approximate surface area is 101 Å². The van der Waals surface area contributed by atoms with Crippen LogP contribution in [0.1, 0.15) is 5.56 Å². The summed E-state index contributed by atoms with van der Waals surface area (Å²) in [6.45, 7) is 0. The van der Waals surface area contributed by atoms with Crippen LogP contribution in [0.3, 0.4) is 0 Å². The Morgan fingerprint density at radius 2 is 1.78 bits per heavy atom. The Bertz CT molecular complexity index is 535. The lowest BCUT2D eigenvalue weighted by Gasteiger charge is -2.12. The van der Waals surface area contributed by atoms with Gasteiger partial charge in [0.15, 0.2) is 0 Å². The van der Waals surface area contributed by atoms with Gasteiger partial charge in [0.2, 0.25) is 0 Å². The average molecular weight is 253 g/mol. The van der Waals surface area contributed by atoms with Crippen molar-refractivity contribution in [3.8, 4) is 11.1 Å². The molecule has 94 valence electrons. The minimum atomic E-state index is -4.39. The lowest BCUT2D eigenvalue weighted by atomic mass is 10.0. The number of halogens is 3. The maximum atomic E-state index is 12.8. The third-order valence-corrected chi connectivity index (χ3v) is 2.45. The minimum absolute atomic E-state index is 0.0982. The summed E-state index contributed by atoms with van der Waals surface area (Å²) in [5, 5.41) is 0. The van der Waals surface area contributed by atoms with E-state index >= 15 is 0 Å². The summed E-state index contributed by atoms with van der Waals surface area (Å²) in [7, 11) is 0. The number of nitrogens with zero attached hydrogens (tertiary/aromatic N) is 1. The molecule has 0 aliphatic rings. The van der Waals surface area contributed by atoms with Crippen molar-refractivity contribution in [2.45, 2.75) is 6.18 Å². The fourth-order valence-electron chi connectivity index (χ4n) is 1.62. The number of hydrogen-bond acceptors (Lipinski definition) is 3. The smallest absolute Gasteiger partial charge is 0.308 e. The molecule has 0 unspecified atom stereocenters. The summed E-state index contributed by atoms with van der Waals surface area (Å²) in [5.74, 6) is 5.54. The number of pyridine rings is 1. The number of anilines is 1. The molecule has 1 aromatic heterocycles. The van der Waals surface area contributed by atoms with Gasteiger partial charge in [-0.1, -0.05) is 18.2 Å². The Kier molecular flexibility index (Phi) is 3.20. The molecule has 18 heavy (non-hydrogen) atoms. The van der Waals surface area contributed by atoms with Crippen molar-refractivity contribution in [2.24, 2.45) is 5.84 Å². The molecule has 2 aromatic rings. The number of rotatable bonds is 2. The van der Waals surface area contributed by atoms with Gasteiger partial charge in [0.25, 0.3) is 0 Å². The van der Waals surface area contributed by atoms with E-state index in [9.17, 15) is 13.2 Å². The van der Waals surface area contributed by atoms with Crippen molar-refractivity contribution >= 4 is 5.82 Å². The van der Waals surface area contributed by atoms with Gasteiger partial charge in [-0.3, -0.25) is 0 Å². The molecule has 3 N–H and O–H groups in total. The first kappa shape index (κ1) is 12.4. The summed E-state index contributed by atoms with van der Waals surface area (Å²) in [4.78, 5) is 3.89. The molecule has 0 bridgehead atoms. The molecule has 0 saturated heterocycles. The highest BCUT2D eigenvalue weighted by Crippen LogP contribution is 2.36. The van der Waals surface area contributed by atoms with Crippen LogP contribution in [0.4, 0.5) is 19.0 Å². The van der Waals surface area contributed by atoms with Crippen molar-refractivity contribution in [1.82, 2.24) is 4.98 Å². The summed E-state index contributed by atoms with van der Waals surface area (Å²) < 4.78 is 38.5. The highest BCUT2D eigenvalue weighted by atomic mass is 19.4. The third kappa shape index (κ3) is 2.43. The first-order valence-electron chi connectivity index (χ1n) is 5.11. The summed E-state index contributed by atoms with van der Waals surface area (Å²) in [6, 6.07) is 8.42. The number of hydrazine groups is 1. The Morgan fingerprint density at radius 3 is 2.33 bits per heavy atom. The fourth-order valence-corrected chi connectivity index (χ4v) is 1.62. The predicted octanol–water partition coefficient (Wildman–Crippen LogP) is 3.05. The van der Waals surface area contributed by atoms with Crippen LogP contribution in [0.2, 0.25) is 0 Å². The number of nitrogens with one attached hydrogen (secondary N) is 1. The lowest BCUT2D eigenvalue weighted by molar-refractivity contribution is -0.137. The quantitative estimate of drug-likeness (QED) is 0.638. The van der Waals surface area contributed by atoms with Crippen molar-refractivity contribution in [1.29, 1.82) is 0 Å². The topological polar surface area (TPSA) is 50.9 Å². The number of alkyl halides is 3. The molecule has 0 radical (unpaired) electrons.